The molecule has 0 spiro atoms. The number of hydrogen-bond donors (Lipinski definition) is 1. The quantitative estimate of drug-likeness (QED) is 0.146. The smallest absolute Gasteiger partial charge is 0.262 e. The number of nitrogens with one attached hydrogen (secondary N) is 1. The first-order valence-electron chi connectivity index (χ1n) is 13.4. The van der Waals surface area contributed by atoms with Crippen LogP contribution < -0.4 is 0 Å². The fourth-order valence-corrected chi connectivity index (χ4v) is 6.20. The summed E-state index contributed by atoms with van der Waals surface area (Å²) in [5.74, 6) is 2.50. The maximum Gasteiger partial charge on any atom is 0.262 e. The number of H-pyrrole nitrogens is 1. The van der Waals surface area contributed by atoms with Crippen molar-refractivity contribution in [2.75, 3.05) is 6.54 Å². The zero-order valence-electron chi connectivity index (χ0n) is 21.8. The molecule has 8 rings (SSSR count). The second kappa shape index (κ2) is 8.64. The number of hydrogen-bond acceptors (Lipinski definition) is 3. The Labute approximate surface area is 235 Å². The summed E-state index contributed by atoms with van der Waals surface area (Å²) < 4.78 is 0. The molecule has 5 nitrogen and oxygen atoms in total. The molecule has 1 aromatic heterocycles. The molecule has 0 atom stereocenters. The van der Waals surface area contributed by atoms with Crippen LogP contribution in [0.2, 0.25) is 0 Å². The molecule has 1 N–H and O–H groups in total. The van der Waals surface area contributed by atoms with E-state index >= 15 is 0 Å². The molecular weight excluding hydrogens is 506 g/mol. The summed E-state index contributed by atoms with van der Waals surface area (Å²) >= 11 is 0. The maximum atomic E-state index is 13.1. The summed E-state index contributed by atoms with van der Waals surface area (Å²) in [7, 11) is 0. The van der Waals surface area contributed by atoms with Gasteiger partial charge < -0.3 is 4.98 Å². The van der Waals surface area contributed by atoms with Crippen LogP contribution in [0.25, 0.3) is 65.9 Å². The van der Waals surface area contributed by atoms with Crippen LogP contribution in [-0.2, 0) is 0 Å². The Kier molecular flexibility index (Phi) is 4.88. The molecule has 0 fully saturated rings. The van der Waals surface area contributed by atoms with Crippen LogP contribution in [0.1, 0.15) is 20.7 Å². The summed E-state index contributed by atoms with van der Waals surface area (Å²) in [6.07, 6.45) is 5.42. The van der Waals surface area contributed by atoms with Crippen molar-refractivity contribution in [3.05, 3.63) is 114 Å². The van der Waals surface area contributed by atoms with Gasteiger partial charge in [0.25, 0.3) is 11.8 Å². The van der Waals surface area contributed by atoms with Crippen molar-refractivity contribution in [3.8, 4) is 34.9 Å². The predicted molar refractivity (Wildman–Crippen MR) is 164 cm³/mol. The number of nitrogens with zero attached hydrogens (tertiary/aromatic N) is 2. The van der Waals surface area contributed by atoms with Gasteiger partial charge in [-0.2, -0.15) is 0 Å². The second-order valence-electron chi connectivity index (χ2n) is 10.3. The van der Waals surface area contributed by atoms with Crippen molar-refractivity contribution < 1.29 is 9.59 Å². The van der Waals surface area contributed by atoms with E-state index in [0.29, 0.717) is 16.5 Å². The highest BCUT2D eigenvalue weighted by Crippen LogP contribution is 2.38. The number of imide groups is 1. The Morgan fingerprint density at radius 1 is 0.634 bits per heavy atom. The van der Waals surface area contributed by atoms with E-state index in [1.165, 1.54) is 10.8 Å². The number of amides is 2. The molecule has 5 heteroatoms. The Morgan fingerprint density at radius 2 is 1.22 bits per heavy atom. The zero-order valence-corrected chi connectivity index (χ0v) is 21.8. The normalized spacial score (nSPS) is 13.0. The van der Waals surface area contributed by atoms with Gasteiger partial charge in [-0.1, -0.05) is 96.9 Å². The third kappa shape index (κ3) is 3.28. The van der Waals surface area contributed by atoms with E-state index < -0.39 is 0 Å². The summed E-state index contributed by atoms with van der Waals surface area (Å²) in [6.45, 7) is -0.0515. The first-order chi connectivity index (χ1) is 20.1. The maximum absolute atomic E-state index is 13.1. The second-order valence-corrected chi connectivity index (χ2v) is 10.3. The molecular formula is C36H21N3O2. The lowest BCUT2D eigenvalue weighted by Gasteiger charge is -2.26. The van der Waals surface area contributed by atoms with Crippen LogP contribution in [-0.4, -0.2) is 33.2 Å². The SMILES string of the molecule is C#CCN1C(=O)c2cccc3c(-c4ccc(-c5nc6c7ccccc7c7ccccc7c6[nH]5)cc4)ccc(c23)C1=O. The van der Waals surface area contributed by atoms with E-state index in [9.17, 15) is 9.59 Å². The number of carbonyl (C=O) groups excluding carboxylic acids is 2. The third-order valence-corrected chi connectivity index (χ3v) is 8.08. The van der Waals surface area contributed by atoms with E-state index in [4.69, 9.17) is 11.4 Å². The van der Waals surface area contributed by atoms with Crippen molar-refractivity contribution in [3.63, 3.8) is 0 Å². The number of rotatable bonds is 3. The molecule has 7 aromatic rings. The highest BCUT2D eigenvalue weighted by atomic mass is 16.2. The van der Waals surface area contributed by atoms with Gasteiger partial charge in [-0.3, -0.25) is 14.5 Å². The fourth-order valence-electron chi connectivity index (χ4n) is 6.20. The van der Waals surface area contributed by atoms with Gasteiger partial charge in [0.15, 0.2) is 0 Å². The Hall–Kier alpha value is -5.73. The monoisotopic (exact) mass is 527 g/mol. The molecule has 2 heterocycles. The van der Waals surface area contributed by atoms with Crippen molar-refractivity contribution in [2.24, 2.45) is 0 Å². The molecule has 192 valence electrons. The Balaban J connectivity index is 1.25. The highest BCUT2D eigenvalue weighted by molar-refractivity contribution is 6.27. The first-order valence-corrected chi connectivity index (χ1v) is 13.4. The number of fused-ring (bicyclic) bond motifs is 6. The standard InChI is InChI=1S/C36H21N3O2/c1-2-20-39-35(40)29-13-7-12-26-23(18-19-30(31(26)29)36(39)41)21-14-16-22(17-15-21)34-37-32-27-10-5-3-8-24(27)25-9-4-6-11-28(25)33(32)38-34/h1,3-19H,20H2,(H,37,38). The van der Waals surface area contributed by atoms with Crippen molar-refractivity contribution in [1.82, 2.24) is 14.9 Å². The number of aromatic amines is 1. The van der Waals surface area contributed by atoms with Crippen LogP contribution in [0, 0.1) is 12.3 Å². The summed E-state index contributed by atoms with van der Waals surface area (Å²) in [4.78, 5) is 35.9. The minimum Gasteiger partial charge on any atom is -0.337 e. The topological polar surface area (TPSA) is 66.1 Å². The van der Waals surface area contributed by atoms with Crippen molar-refractivity contribution in [2.45, 2.75) is 0 Å². The molecule has 0 aliphatic carbocycles. The third-order valence-electron chi connectivity index (χ3n) is 8.08. The van der Waals surface area contributed by atoms with Gasteiger partial charge in [-0.25, -0.2) is 4.98 Å². The van der Waals surface area contributed by atoms with Crippen LogP contribution in [0.5, 0.6) is 0 Å². The Morgan fingerprint density at radius 3 is 1.95 bits per heavy atom. The van der Waals surface area contributed by atoms with Gasteiger partial charge >= 0.3 is 0 Å². The number of carbonyl (C=O) groups is 2. The largest absolute Gasteiger partial charge is 0.337 e. The number of imidazole rings is 1. The number of aromatic nitrogens is 2. The summed E-state index contributed by atoms with van der Waals surface area (Å²) in [6, 6.07) is 34.3. The first kappa shape index (κ1) is 23.2. The minimum absolute atomic E-state index is 0.0515. The molecule has 0 saturated heterocycles. The number of benzene rings is 6. The molecule has 0 saturated carbocycles. The molecule has 6 aromatic carbocycles. The molecule has 1 aliphatic heterocycles. The van der Waals surface area contributed by atoms with E-state index in [2.05, 4.69) is 77.6 Å². The van der Waals surface area contributed by atoms with E-state index in [1.54, 1.807) is 12.1 Å². The zero-order chi connectivity index (χ0) is 27.7. The van der Waals surface area contributed by atoms with Gasteiger partial charge in [0, 0.05) is 32.8 Å². The highest BCUT2D eigenvalue weighted by Gasteiger charge is 2.32. The van der Waals surface area contributed by atoms with Gasteiger partial charge in [-0.05, 0) is 39.4 Å². The Bertz CT molecular complexity index is 2190. The lowest BCUT2D eigenvalue weighted by Crippen LogP contribution is -2.40. The molecule has 2 amide bonds. The lowest BCUT2D eigenvalue weighted by atomic mass is 9.89. The van der Waals surface area contributed by atoms with Gasteiger partial charge in [0.1, 0.15) is 5.82 Å². The van der Waals surface area contributed by atoms with Crippen molar-refractivity contribution in [1.29, 1.82) is 0 Å². The summed E-state index contributed by atoms with van der Waals surface area (Å²) in [5, 5.41) is 6.18. The molecule has 0 unspecified atom stereocenters. The van der Waals surface area contributed by atoms with Gasteiger partial charge in [0.05, 0.1) is 17.6 Å². The fraction of sp³-hybridized carbons (Fsp3) is 0.0278. The summed E-state index contributed by atoms with van der Waals surface area (Å²) in [5.41, 5.74) is 5.86. The molecule has 0 radical (unpaired) electrons. The van der Waals surface area contributed by atoms with Crippen LogP contribution in [0.3, 0.4) is 0 Å². The average molecular weight is 528 g/mol. The molecule has 41 heavy (non-hydrogen) atoms. The van der Waals surface area contributed by atoms with E-state index in [1.807, 2.05) is 24.3 Å². The minimum atomic E-state index is -0.358. The van der Waals surface area contributed by atoms with Crippen molar-refractivity contribution >= 4 is 55.2 Å². The molecule has 0 bridgehead atoms. The van der Waals surface area contributed by atoms with Gasteiger partial charge in [-0.15, -0.1) is 6.42 Å². The average Bonchev–Trinajstić information content (AvgIpc) is 3.48. The van der Waals surface area contributed by atoms with Crippen LogP contribution in [0.15, 0.2) is 103 Å². The van der Waals surface area contributed by atoms with E-state index in [0.717, 1.165) is 54.6 Å². The van der Waals surface area contributed by atoms with Crippen LogP contribution >= 0.6 is 0 Å². The molecule has 1 aliphatic rings. The van der Waals surface area contributed by atoms with E-state index in [-0.39, 0.29) is 18.4 Å². The predicted octanol–water partition coefficient (Wildman–Crippen LogP) is 7.59. The number of terminal acetylenes is 1. The lowest BCUT2D eigenvalue weighted by molar-refractivity contribution is 0.0632. The van der Waals surface area contributed by atoms with Crippen LogP contribution in [0.4, 0.5) is 0 Å². The van der Waals surface area contributed by atoms with Gasteiger partial charge in [0.2, 0.25) is 0 Å².